The predicted octanol–water partition coefficient (Wildman–Crippen LogP) is 7.46. The van der Waals surface area contributed by atoms with Gasteiger partial charge in [0, 0.05) is 4.83 Å². The fourth-order valence-electron chi connectivity index (χ4n) is 2.78. The quantitative estimate of drug-likeness (QED) is 0.286. The van der Waals surface area contributed by atoms with E-state index in [-0.39, 0.29) is 0 Å². The number of hydrogen-bond donors (Lipinski definition) is 0. The van der Waals surface area contributed by atoms with Gasteiger partial charge < -0.3 is 0 Å². The molecule has 0 N–H and O–H groups in total. The average Bonchev–Trinajstić information content (AvgIpc) is 2.46. The molecule has 0 amide bonds. The van der Waals surface area contributed by atoms with E-state index in [2.05, 4.69) is 61.0 Å². The molecule has 0 bridgehead atoms. The van der Waals surface area contributed by atoms with Gasteiger partial charge in [-0.25, -0.2) is 0 Å². The lowest BCUT2D eigenvalue weighted by Gasteiger charge is -2.12. The lowest BCUT2D eigenvalue weighted by atomic mass is 9.99. The smallest absolute Gasteiger partial charge is 0.0395 e. The molecule has 0 aromatic heterocycles. The number of alkyl halides is 1. The summed E-state index contributed by atoms with van der Waals surface area (Å²) in [6, 6.07) is 9.21. The second-order valence-corrected chi connectivity index (χ2v) is 7.82. The van der Waals surface area contributed by atoms with Crippen molar-refractivity contribution < 1.29 is 0 Å². The normalized spacial score (nSPS) is 12.8. The van der Waals surface area contributed by atoms with Crippen LogP contribution < -0.4 is 0 Å². The Bertz CT molecular complexity index is 353. The third-order valence-electron chi connectivity index (χ3n) is 4.05. The highest BCUT2D eigenvalue weighted by Crippen LogP contribution is 2.29. The van der Waals surface area contributed by atoms with Crippen molar-refractivity contribution in [2.24, 2.45) is 5.92 Å². The van der Waals surface area contributed by atoms with Gasteiger partial charge in [0.05, 0.1) is 0 Å². The molecule has 0 heterocycles. The largest absolute Gasteiger partial charge is 0.0839 e. The van der Waals surface area contributed by atoms with Crippen LogP contribution >= 0.6 is 15.9 Å². The molecule has 0 spiro atoms. The van der Waals surface area contributed by atoms with Crippen molar-refractivity contribution in [3.63, 3.8) is 0 Å². The van der Waals surface area contributed by atoms with Crippen LogP contribution in [-0.4, -0.2) is 0 Å². The van der Waals surface area contributed by atoms with E-state index in [1.165, 1.54) is 68.9 Å². The van der Waals surface area contributed by atoms with Gasteiger partial charge in [-0.3, -0.25) is 0 Å². The fourth-order valence-corrected chi connectivity index (χ4v) is 3.41. The summed E-state index contributed by atoms with van der Waals surface area (Å²) in [5, 5.41) is 0. The van der Waals surface area contributed by atoms with Gasteiger partial charge in [0.15, 0.2) is 0 Å². The summed E-state index contributed by atoms with van der Waals surface area (Å²) in [5.74, 6) is 0.739. The molecule has 0 nitrogen and oxygen atoms in total. The van der Waals surface area contributed by atoms with Crippen molar-refractivity contribution in [2.45, 2.75) is 83.4 Å². The van der Waals surface area contributed by atoms with E-state index in [4.69, 9.17) is 0 Å². The van der Waals surface area contributed by atoms with Crippen molar-refractivity contribution in [1.29, 1.82) is 0 Å². The maximum atomic E-state index is 3.86. The number of halogens is 1. The molecule has 0 aliphatic heterocycles. The van der Waals surface area contributed by atoms with Crippen molar-refractivity contribution in [3.05, 3.63) is 35.4 Å². The third-order valence-corrected chi connectivity index (χ3v) is 5.03. The molecule has 1 aromatic carbocycles. The van der Waals surface area contributed by atoms with E-state index in [0.717, 1.165) is 5.92 Å². The molecular formula is C20H33Br. The SMILES string of the molecule is CCCCCCCCCC(Br)c1ccc(CC(C)C)cc1. The van der Waals surface area contributed by atoms with Crippen molar-refractivity contribution in [2.75, 3.05) is 0 Å². The maximum absolute atomic E-state index is 3.86. The summed E-state index contributed by atoms with van der Waals surface area (Å²) >= 11 is 3.86. The molecule has 21 heavy (non-hydrogen) atoms. The zero-order valence-electron chi connectivity index (χ0n) is 14.2. The van der Waals surface area contributed by atoms with Gasteiger partial charge >= 0.3 is 0 Å². The Balaban J connectivity index is 2.21. The zero-order valence-corrected chi connectivity index (χ0v) is 15.8. The Morgan fingerprint density at radius 2 is 1.43 bits per heavy atom. The van der Waals surface area contributed by atoms with Gasteiger partial charge in [-0.05, 0) is 29.9 Å². The second-order valence-electron chi connectivity index (χ2n) is 6.72. The van der Waals surface area contributed by atoms with Crippen molar-refractivity contribution >= 4 is 15.9 Å². The molecule has 0 radical (unpaired) electrons. The molecule has 120 valence electrons. The third kappa shape index (κ3) is 8.66. The van der Waals surface area contributed by atoms with E-state index < -0.39 is 0 Å². The first-order valence-corrected chi connectivity index (χ1v) is 9.78. The Morgan fingerprint density at radius 3 is 2.00 bits per heavy atom. The molecule has 0 saturated heterocycles. The Hall–Kier alpha value is -0.300. The Labute approximate surface area is 140 Å². The summed E-state index contributed by atoms with van der Waals surface area (Å²) in [5.41, 5.74) is 2.90. The molecule has 1 rings (SSSR count). The van der Waals surface area contributed by atoms with E-state index in [9.17, 15) is 0 Å². The Kier molecular flexibility index (Phi) is 10.1. The first-order valence-electron chi connectivity index (χ1n) is 8.86. The first-order chi connectivity index (χ1) is 10.1. The summed E-state index contributed by atoms with van der Waals surface area (Å²) < 4.78 is 0. The maximum Gasteiger partial charge on any atom is 0.0395 e. The van der Waals surface area contributed by atoms with Crippen LogP contribution in [0.5, 0.6) is 0 Å². The molecule has 1 aromatic rings. The first kappa shape index (κ1) is 18.7. The van der Waals surface area contributed by atoms with Gasteiger partial charge in [0.2, 0.25) is 0 Å². The zero-order chi connectivity index (χ0) is 15.5. The van der Waals surface area contributed by atoms with Crippen molar-refractivity contribution in [1.82, 2.24) is 0 Å². The van der Waals surface area contributed by atoms with Crippen LogP contribution in [0.15, 0.2) is 24.3 Å². The molecular weight excluding hydrogens is 320 g/mol. The van der Waals surface area contributed by atoms with Crippen LogP contribution in [0.3, 0.4) is 0 Å². The highest BCUT2D eigenvalue weighted by molar-refractivity contribution is 9.09. The van der Waals surface area contributed by atoms with Crippen LogP contribution in [0.25, 0.3) is 0 Å². The molecule has 0 aliphatic carbocycles. The molecule has 0 fully saturated rings. The number of rotatable bonds is 11. The van der Waals surface area contributed by atoms with Crippen LogP contribution in [0, 0.1) is 5.92 Å². The second kappa shape index (κ2) is 11.3. The molecule has 0 saturated carbocycles. The van der Waals surface area contributed by atoms with E-state index in [0.29, 0.717) is 4.83 Å². The van der Waals surface area contributed by atoms with Crippen LogP contribution in [0.2, 0.25) is 0 Å². The summed E-state index contributed by atoms with van der Waals surface area (Å²) in [4.78, 5) is 0.529. The highest BCUT2D eigenvalue weighted by atomic mass is 79.9. The Morgan fingerprint density at radius 1 is 0.857 bits per heavy atom. The van der Waals surface area contributed by atoms with Gasteiger partial charge in [0.25, 0.3) is 0 Å². The topological polar surface area (TPSA) is 0 Å². The summed E-state index contributed by atoms with van der Waals surface area (Å²) in [6.07, 6.45) is 12.2. The number of hydrogen-bond acceptors (Lipinski definition) is 0. The number of unbranched alkanes of at least 4 members (excludes halogenated alkanes) is 6. The number of benzene rings is 1. The highest BCUT2D eigenvalue weighted by Gasteiger charge is 2.07. The molecule has 1 atom stereocenters. The summed E-state index contributed by atoms with van der Waals surface area (Å²) in [6.45, 7) is 6.84. The summed E-state index contributed by atoms with van der Waals surface area (Å²) in [7, 11) is 0. The van der Waals surface area contributed by atoms with Crippen LogP contribution in [-0.2, 0) is 6.42 Å². The van der Waals surface area contributed by atoms with Crippen molar-refractivity contribution in [3.8, 4) is 0 Å². The lowest BCUT2D eigenvalue weighted by molar-refractivity contribution is 0.574. The minimum atomic E-state index is 0.529. The fraction of sp³-hybridized carbons (Fsp3) is 0.700. The van der Waals surface area contributed by atoms with E-state index in [1.54, 1.807) is 0 Å². The van der Waals surface area contributed by atoms with Crippen LogP contribution in [0.1, 0.15) is 88.1 Å². The van der Waals surface area contributed by atoms with Gasteiger partial charge in [-0.15, -0.1) is 0 Å². The minimum absolute atomic E-state index is 0.529. The van der Waals surface area contributed by atoms with Gasteiger partial charge in [-0.2, -0.15) is 0 Å². The monoisotopic (exact) mass is 352 g/mol. The molecule has 1 unspecified atom stereocenters. The standard InChI is InChI=1S/C20H33Br/c1-4-5-6-7-8-9-10-11-20(21)19-14-12-18(13-15-19)16-17(2)3/h12-15,17,20H,4-11,16H2,1-3H3. The molecule has 0 aliphatic rings. The lowest BCUT2D eigenvalue weighted by Crippen LogP contribution is -1.95. The van der Waals surface area contributed by atoms with Gasteiger partial charge in [0.1, 0.15) is 0 Å². The minimum Gasteiger partial charge on any atom is -0.0839 e. The van der Waals surface area contributed by atoms with Gasteiger partial charge in [-0.1, -0.05) is 106 Å². The van der Waals surface area contributed by atoms with E-state index >= 15 is 0 Å². The predicted molar refractivity (Wildman–Crippen MR) is 99.3 cm³/mol. The molecule has 1 heteroatoms. The van der Waals surface area contributed by atoms with Crippen LogP contribution in [0.4, 0.5) is 0 Å². The average molecular weight is 353 g/mol. The van der Waals surface area contributed by atoms with E-state index in [1.807, 2.05) is 0 Å².